The summed E-state index contributed by atoms with van der Waals surface area (Å²) in [6, 6.07) is 10.1. The number of aliphatic hydroxyl groups excluding tert-OH is 1. The van der Waals surface area contributed by atoms with E-state index in [1.165, 1.54) is 0 Å². The van der Waals surface area contributed by atoms with E-state index in [2.05, 4.69) is 9.98 Å². The quantitative estimate of drug-likeness (QED) is 0.905. The molecule has 1 aromatic heterocycles. The molecular formula is C12H10N2OS2. The summed E-state index contributed by atoms with van der Waals surface area (Å²) in [4.78, 5) is 8.70. The summed E-state index contributed by atoms with van der Waals surface area (Å²) in [6.07, 6.45) is -0.572. The second-order valence-electron chi connectivity index (χ2n) is 3.63. The van der Waals surface area contributed by atoms with Crippen LogP contribution in [0.2, 0.25) is 0 Å². The topological polar surface area (TPSA) is 45.5 Å². The molecule has 2 heterocycles. The van der Waals surface area contributed by atoms with Gasteiger partial charge in [0.2, 0.25) is 0 Å². The van der Waals surface area contributed by atoms with Crippen molar-refractivity contribution in [3.63, 3.8) is 0 Å². The lowest BCUT2D eigenvalue weighted by molar-refractivity contribution is 0.213. The van der Waals surface area contributed by atoms with Crippen molar-refractivity contribution in [3.05, 3.63) is 41.4 Å². The van der Waals surface area contributed by atoms with Crippen molar-refractivity contribution >= 4 is 28.1 Å². The molecule has 0 amide bonds. The molecule has 17 heavy (non-hydrogen) atoms. The summed E-state index contributed by atoms with van der Waals surface area (Å²) in [5.74, 6) is 0.632. The molecule has 1 aromatic carbocycles. The van der Waals surface area contributed by atoms with E-state index in [1.54, 1.807) is 23.1 Å². The maximum atomic E-state index is 9.35. The molecule has 0 radical (unpaired) electrons. The van der Waals surface area contributed by atoms with Gasteiger partial charge >= 0.3 is 0 Å². The number of aromatic nitrogens is 1. The summed E-state index contributed by atoms with van der Waals surface area (Å²) in [7, 11) is 0. The van der Waals surface area contributed by atoms with Gasteiger partial charge in [0.05, 0.1) is 0 Å². The van der Waals surface area contributed by atoms with Gasteiger partial charge < -0.3 is 5.11 Å². The molecule has 0 aliphatic carbocycles. The van der Waals surface area contributed by atoms with Crippen molar-refractivity contribution in [3.8, 4) is 10.6 Å². The van der Waals surface area contributed by atoms with Gasteiger partial charge in [-0.2, -0.15) is 0 Å². The van der Waals surface area contributed by atoms with E-state index in [-0.39, 0.29) is 0 Å². The normalized spacial score (nSPS) is 19.4. The third-order valence-electron chi connectivity index (χ3n) is 2.38. The second kappa shape index (κ2) is 4.60. The van der Waals surface area contributed by atoms with Crippen LogP contribution in [0.3, 0.4) is 0 Å². The predicted molar refractivity (Wildman–Crippen MR) is 72.6 cm³/mol. The number of hydrogen-bond acceptors (Lipinski definition) is 5. The molecule has 5 heteroatoms. The highest BCUT2D eigenvalue weighted by Gasteiger charge is 2.19. The smallest absolute Gasteiger partial charge is 0.155 e. The third kappa shape index (κ3) is 2.26. The van der Waals surface area contributed by atoms with E-state index in [0.29, 0.717) is 5.75 Å². The molecule has 1 unspecified atom stereocenters. The Bertz CT molecular complexity index is 551. The van der Waals surface area contributed by atoms with Gasteiger partial charge in [-0.1, -0.05) is 42.1 Å². The standard InChI is InChI=1S/C12H10N2OS2/c15-10-7-17-12(14-10)9-6-16-11(13-9)8-4-2-1-3-5-8/h1-6,10,15H,7H2. The minimum atomic E-state index is -0.572. The zero-order valence-corrected chi connectivity index (χ0v) is 10.5. The molecule has 1 N–H and O–H groups in total. The first-order valence-corrected chi connectivity index (χ1v) is 7.09. The number of aliphatic imine (C=N–C) groups is 1. The molecule has 1 aliphatic rings. The zero-order chi connectivity index (χ0) is 11.7. The first kappa shape index (κ1) is 11.0. The van der Waals surface area contributed by atoms with Crippen LogP contribution in [-0.2, 0) is 0 Å². The third-order valence-corrected chi connectivity index (χ3v) is 4.32. The molecule has 1 aliphatic heterocycles. The number of thiazole rings is 1. The molecule has 0 spiro atoms. The lowest BCUT2D eigenvalue weighted by Crippen LogP contribution is -1.98. The fraction of sp³-hybridized carbons (Fsp3) is 0.167. The number of hydrogen-bond donors (Lipinski definition) is 1. The minimum Gasteiger partial charge on any atom is -0.371 e. The second-order valence-corrected chi connectivity index (χ2v) is 5.50. The molecule has 2 aromatic rings. The number of nitrogens with zero attached hydrogens (tertiary/aromatic N) is 2. The van der Waals surface area contributed by atoms with Gasteiger partial charge in [0.25, 0.3) is 0 Å². The van der Waals surface area contributed by atoms with E-state index >= 15 is 0 Å². The molecule has 1 atom stereocenters. The Balaban J connectivity index is 1.91. The van der Waals surface area contributed by atoms with Crippen molar-refractivity contribution in [2.45, 2.75) is 6.23 Å². The fourth-order valence-corrected chi connectivity index (χ4v) is 3.30. The van der Waals surface area contributed by atoms with Crippen molar-refractivity contribution in [2.75, 3.05) is 5.75 Å². The van der Waals surface area contributed by atoms with Crippen molar-refractivity contribution < 1.29 is 5.11 Å². The highest BCUT2D eigenvalue weighted by atomic mass is 32.2. The Morgan fingerprint density at radius 3 is 2.76 bits per heavy atom. The SMILES string of the molecule is OC1CSC(c2csc(-c3ccccc3)n2)=N1. The lowest BCUT2D eigenvalue weighted by Gasteiger charge is -1.94. The molecule has 3 nitrogen and oxygen atoms in total. The number of rotatable bonds is 2. The first-order valence-electron chi connectivity index (χ1n) is 5.23. The van der Waals surface area contributed by atoms with Crippen molar-refractivity contribution in [1.29, 1.82) is 0 Å². The number of thioether (sulfide) groups is 1. The lowest BCUT2D eigenvalue weighted by atomic mass is 10.2. The van der Waals surface area contributed by atoms with Gasteiger partial charge in [0.15, 0.2) is 6.23 Å². The van der Waals surface area contributed by atoms with Crippen LogP contribution in [0.5, 0.6) is 0 Å². The summed E-state index contributed by atoms with van der Waals surface area (Å²) < 4.78 is 0. The molecule has 86 valence electrons. The first-order chi connectivity index (χ1) is 8.33. The number of aliphatic hydroxyl groups is 1. The molecule has 0 saturated carbocycles. The molecular weight excluding hydrogens is 252 g/mol. The summed E-state index contributed by atoms with van der Waals surface area (Å²) >= 11 is 3.16. The Kier molecular flexibility index (Phi) is 2.96. The van der Waals surface area contributed by atoms with Gasteiger partial charge in [0, 0.05) is 16.7 Å². The van der Waals surface area contributed by atoms with Crippen LogP contribution in [0.1, 0.15) is 5.69 Å². The average Bonchev–Trinajstić information content (AvgIpc) is 2.98. The maximum Gasteiger partial charge on any atom is 0.155 e. The fourth-order valence-electron chi connectivity index (χ4n) is 1.59. The summed E-state index contributed by atoms with van der Waals surface area (Å²) in [5, 5.41) is 13.2. The van der Waals surface area contributed by atoms with E-state index < -0.39 is 6.23 Å². The Labute approximate surface area is 107 Å². The summed E-state index contributed by atoms with van der Waals surface area (Å²) in [6.45, 7) is 0. The Hall–Kier alpha value is -1.17. The van der Waals surface area contributed by atoms with Gasteiger partial charge in [-0.15, -0.1) is 11.3 Å². The van der Waals surface area contributed by atoms with Crippen molar-refractivity contribution in [2.24, 2.45) is 4.99 Å². The van der Waals surface area contributed by atoms with Crippen LogP contribution >= 0.6 is 23.1 Å². The van der Waals surface area contributed by atoms with E-state index in [0.717, 1.165) is 21.3 Å². The monoisotopic (exact) mass is 262 g/mol. The molecule has 0 fully saturated rings. The summed E-state index contributed by atoms with van der Waals surface area (Å²) in [5.41, 5.74) is 1.99. The van der Waals surface area contributed by atoms with E-state index in [4.69, 9.17) is 0 Å². The Morgan fingerprint density at radius 2 is 2.06 bits per heavy atom. The Morgan fingerprint density at radius 1 is 1.24 bits per heavy atom. The maximum absolute atomic E-state index is 9.35. The van der Waals surface area contributed by atoms with Crippen molar-refractivity contribution in [1.82, 2.24) is 4.98 Å². The van der Waals surface area contributed by atoms with Crippen LogP contribution in [0.15, 0.2) is 40.7 Å². The highest BCUT2D eigenvalue weighted by Crippen LogP contribution is 2.28. The predicted octanol–water partition coefficient (Wildman–Crippen LogP) is 2.62. The number of benzene rings is 1. The van der Waals surface area contributed by atoms with Crippen LogP contribution in [0.25, 0.3) is 10.6 Å². The largest absolute Gasteiger partial charge is 0.371 e. The van der Waals surface area contributed by atoms with Crippen LogP contribution in [-0.4, -0.2) is 27.1 Å². The average molecular weight is 262 g/mol. The van der Waals surface area contributed by atoms with Crippen LogP contribution in [0, 0.1) is 0 Å². The molecule has 0 saturated heterocycles. The van der Waals surface area contributed by atoms with Gasteiger partial charge in [-0.3, -0.25) is 0 Å². The van der Waals surface area contributed by atoms with Gasteiger partial charge in [-0.05, 0) is 0 Å². The van der Waals surface area contributed by atoms with E-state index in [1.807, 2.05) is 35.7 Å². The van der Waals surface area contributed by atoms with Crippen LogP contribution < -0.4 is 0 Å². The molecule has 0 bridgehead atoms. The van der Waals surface area contributed by atoms with Gasteiger partial charge in [-0.25, -0.2) is 9.98 Å². The molecule has 3 rings (SSSR count). The zero-order valence-electron chi connectivity index (χ0n) is 8.91. The van der Waals surface area contributed by atoms with Gasteiger partial charge in [0.1, 0.15) is 15.7 Å². The highest BCUT2D eigenvalue weighted by molar-refractivity contribution is 8.14. The van der Waals surface area contributed by atoms with Crippen LogP contribution in [0.4, 0.5) is 0 Å². The van der Waals surface area contributed by atoms with E-state index in [9.17, 15) is 5.11 Å². The minimum absolute atomic E-state index is 0.572.